The Morgan fingerprint density at radius 2 is 1.62 bits per heavy atom. The molecule has 0 radical (unpaired) electrons. The van der Waals surface area contributed by atoms with Gasteiger partial charge < -0.3 is 44.2 Å². The molecule has 2 aliphatic rings. The van der Waals surface area contributed by atoms with Crippen LogP contribution in [0.1, 0.15) is 12.8 Å². The first-order valence-corrected chi connectivity index (χ1v) is 11.6. The van der Waals surface area contributed by atoms with E-state index in [-0.39, 0.29) is 44.5 Å². The Morgan fingerprint density at radius 1 is 1.00 bits per heavy atom. The van der Waals surface area contributed by atoms with Gasteiger partial charge in [0.1, 0.15) is 24.4 Å². The molecule has 0 spiro atoms. The number of ether oxygens (including phenoxy) is 4. The van der Waals surface area contributed by atoms with Gasteiger partial charge in [0.15, 0.2) is 11.5 Å². The van der Waals surface area contributed by atoms with Gasteiger partial charge >= 0.3 is 5.97 Å². The molecule has 2 saturated heterocycles. The largest absolute Gasteiger partial charge is 0.394 e. The molecular weight excluding hydrogens is 490 g/mol. The van der Waals surface area contributed by atoms with Gasteiger partial charge in [0.25, 0.3) is 21.9 Å². The molecule has 2 amide bonds. The maximum Gasteiger partial charge on any atom is 0.335 e. The molecule has 0 aromatic carbocycles. The monoisotopic (exact) mass is 517 g/mol. The standard InChI is InChI=1S/C17H27NO15S/c19-8-9-13(22)14(23)15(24)17(32-9)31-6-5-30-4-3-29-2-1-12(21)33-18-11(20)7-10(16(18)25)34(26,27)28/h9-10,13-15,17,19,22-24H,1-8H2,(H,26,27,28)/t9?,10?,13?,14-,15?,17-/m1/s1. The van der Waals surface area contributed by atoms with Crippen LogP contribution in [0.4, 0.5) is 0 Å². The SMILES string of the molecule is O=C(CCOCCOCCO[C@@H]1OC(CO)C(O)[C@@H](O)C1O)ON1C(=O)CC(S(=O)(=O)O)C1=O. The second-order valence-electron chi connectivity index (χ2n) is 7.24. The molecule has 2 rings (SSSR count). The van der Waals surface area contributed by atoms with Crippen molar-refractivity contribution in [1.82, 2.24) is 5.06 Å². The summed E-state index contributed by atoms with van der Waals surface area (Å²) in [6.45, 7) is -0.651. The Kier molecular flexibility index (Phi) is 10.7. The molecule has 0 aromatic rings. The number of carbonyl (C=O) groups is 3. The molecule has 0 aromatic heterocycles. The lowest BCUT2D eigenvalue weighted by molar-refractivity contribution is -0.302. The molecule has 16 nitrogen and oxygen atoms in total. The average Bonchev–Trinajstić information content (AvgIpc) is 3.06. The number of aliphatic hydroxyl groups excluding tert-OH is 4. The molecule has 17 heteroatoms. The Bertz CT molecular complexity index is 818. The zero-order valence-electron chi connectivity index (χ0n) is 17.8. The Morgan fingerprint density at radius 3 is 2.21 bits per heavy atom. The summed E-state index contributed by atoms with van der Waals surface area (Å²) in [7, 11) is -4.81. The number of aliphatic hydroxyl groups is 4. The summed E-state index contributed by atoms with van der Waals surface area (Å²) >= 11 is 0. The second kappa shape index (κ2) is 12.8. The van der Waals surface area contributed by atoms with Crippen molar-refractivity contribution >= 4 is 27.9 Å². The van der Waals surface area contributed by atoms with Crippen LogP contribution in [0.5, 0.6) is 0 Å². The predicted octanol–water partition coefficient (Wildman–Crippen LogP) is -4.30. The van der Waals surface area contributed by atoms with Gasteiger partial charge in [0, 0.05) is 0 Å². The van der Waals surface area contributed by atoms with Crippen LogP contribution in [0.2, 0.25) is 0 Å². The quantitative estimate of drug-likeness (QED) is 0.0882. The highest BCUT2D eigenvalue weighted by Gasteiger charge is 2.48. The number of hydrogen-bond donors (Lipinski definition) is 5. The first-order valence-electron chi connectivity index (χ1n) is 10.1. The van der Waals surface area contributed by atoms with E-state index in [4.69, 9.17) is 28.6 Å². The van der Waals surface area contributed by atoms with Crippen molar-refractivity contribution in [1.29, 1.82) is 0 Å². The lowest BCUT2D eigenvalue weighted by Crippen LogP contribution is -2.59. The third kappa shape index (κ3) is 7.60. The molecule has 2 heterocycles. The van der Waals surface area contributed by atoms with Gasteiger partial charge in [-0.2, -0.15) is 8.42 Å². The van der Waals surface area contributed by atoms with Crippen LogP contribution in [0.25, 0.3) is 0 Å². The molecule has 34 heavy (non-hydrogen) atoms. The van der Waals surface area contributed by atoms with Crippen LogP contribution < -0.4 is 0 Å². The summed E-state index contributed by atoms with van der Waals surface area (Å²) in [4.78, 5) is 39.6. The van der Waals surface area contributed by atoms with Crippen molar-refractivity contribution < 1.29 is 71.6 Å². The molecule has 6 atom stereocenters. The molecule has 196 valence electrons. The van der Waals surface area contributed by atoms with E-state index < -0.39 is 76.9 Å². The highest BCUT2D eigenvalue weighted by Crippen LogP contribution is 2.22. The van der Waals surface area contributed by atoms with Crippen LogP contribution >= 0.6 is 0 Å². The molecule has 0 aliphatic carbocycles. The summed E-state index contributed by atoms with van der Waals surface area (Å²) in [5.41, 5.74) is 0. The predicted molar refractivity (Wildman–Crippen MR) is 104 cm³/mol. The fourth-order valence-electron chi connectivity index (χ4n) is 2.96. The highest BCUT2D eigenvalue weighted by atomic mass is 32.2. The maximum absolute atomic E-state index is 11.8. The summed E-state index contributed by atoms with van der Waals surface area (Å²) in [5, 5.41) is 36.2. The van der Waals surface area contributed by atoms with E-state index in [2.05, 4.69) is 4.84 Å². The first kappa shape index (κ1) is 28.4. The number of carbonyl (C=O) groups excluding carboxylic acids is 3. The van der Waals surface area contributed by atoms with Crippen LogP contribution in [0.3, 0.4) is 0 Å². The average molecular weight is 517 g/mol. The summed E-state index contributed by atoms with van der Waals surface area (Å²) in [6, 6.07) is 0. The van der Waals surface area contributed by atoms with E-state index in [0.717, 1.165) is 0 Å². The molecule has 0 saturated carbocycles. The fourth-order valence-corrected chi connectivity index (χ4v) is 3.67. The van der Waals surface area contributed by atoms with Crippen molar-refractivity contribution in [3.8, 4) is 0 Å². The second-order valence-corrected chi connectivity index (χ2v) is 8.84. The number of hydroxylamine groups is 2. The topological polar surface area (TPSA) is 236 Å². The normalized spacial score (nSPS) is 30.1. The Balaban J connectivity index is 1.54. The van der Waals surface area contributed by atoms with E-state index >= 15 is 0 Å². The smallest absolute Gasteiger partial charge is 0.335 e. The van der Waals surface area contributed by atoms with Gasteiger partial charge in [0.2, 0.25) is 0 Å². The molecular formula is C17H27NO15S. The van der Waals surface area contributed by atoms with Crippen LogP contribution in [0.15, 0.2) is 0 Å². The number of nitrogens with zero attached hydrogens (tertiary/aromatic N) is 1. The third-order valence-electron chi connectivity index (χ3n) is 4.80. The first-order chi connectivity index (χ1) is 16.0. The summed E-state index contributed by atoms with van der Waals surface area (Å²) in [6.07, 6.45) is -8.13. The Labute approximate surface area is 193 Å². The molecule has 5 N–H and O–H groups in total. The van der Waals surface area contributed by atoms with Crippen LogP contribution in [-0.2, 0) is 48.3 Å². The van der Waals surface area contributed by atoms with E-state index in [0.29, 0.717) is 0 Å². The number of hydrogen-bond acceptors (Lipinski definition) is 14. The van der Waals surface area contributed by atoms with Crippen molar-refractivity contribution in [2.75, 3.05) is 39.6 Å². The number of amides is 2. The van der Waals surface area contributed by atoms with E-state index in [1.165, 1.54) is 0 Å². The minimum atomic E-state index is -4.81. The van der Waals surface area contributed by atoms with Gasteiger partial charge in [-0.3, -0.25) is 14.1 Å². The van der Waals surface area contributed by atoms with E-state index in [1.807, 2.05) is 0 Å². The zero-order valence-corrected chi connectivity index (χ0v) is 18.6. The molecule has 4 unspecified atom stereocenters. The van der Waals surface area contributed by atoms with Crippen molar-refractivity contribution in [2.45, 2.75) is 48.8 Å². The minimum Gasteiger partial charge on any atom is -0.394 e. The Hall–Kier alpha value is -1.80. The molecule has 0 bridgehead atoms. The molecule has 2 fully saturated rings. The zero-order chi connectivity index (χ0) is 25.5. The summed E-state index contributed by atoms with van der Waals surface area (Å²) in [5.74, 6) is -3.48. The van der Waals surface area contributed by atoms with Crippen molar-refractivity contribution in [2.24, 2.45) is 0 Å². The third-order valence-corrected chi connectivity index (χ3v) is 5.88. The van der Waals surface area contributed by atoms with Crippen LogP contribution in [-0.4, -0.2) is 132 Å². The lowest BCUT2D eigenvalue weighted by atomic mass is 9.99. The van der Waals surface area contributed by atoms with Crippen LogP contribution in [0, 0.1) is 0 Å². The maximum atomic E-state index is 11.8. The van der Waals surface area contributed by atoms with Gasteiger partial charge in [-0.1, -0.05) is 0 Å². The summed E-state index contributed by atoms with van der Waals surface area (Å²) < 4.78 is 51.7. The van der Waals surface area contributed by atoms with Crippen molar-refractivity contribution in [3.05, 3.63) is 0 Å². The minimum absolute atomic E-state index is 0.000681. The van der Waals surface area contributed by atoms with Gasteiger partial charge in [-0.05, 0) is 0 Å². The van der Waals surface area contributed by atoms with Crippen molar-refractivity contribution in [3.63, 3.8) is 0 Å². The molecule has 2 aliphatic heterocycles. The van der Waals surface area contributed by atoms with Gasteiger partial charge in [-0.15, -0.1) is 5.06 Å². The lowest BCUT2D eigenvalue weighted by Gasteiger charge is -2.39. The number of imide groups is 1. The highest BCUT2D eigenvalue weighted by molar-refractivity contribution is 7.87. The van der Waals surface area contributed by atoms with E-state index in [9.17, 15) is 38.1 Å². The fraction of sp³-hybridized carbons (Fsp3) is 0.824. The van der Waals surface area contributed by atoms with Gasteiger partial charge in [0.05, 0.1) is 52.5 Å². The van der Waals surface area contributed by atoms with E-state index in [1.54, 1.807) is 0 Å². The number of rotatable bonds is 13. The van der Waals surface area contributed by atoms with Gasteiger partial charge in [-0.25, -0.2) is 4.79 Å².